The monoisotopic (exact) mass is 900 g/mol. The summed E-state index contributed by atoms with van der Waals surface area (Å²) in [7, 11) is 1.63. The molecule has 0 spiro atoms. The van der Waals surface area contributed by atoms with Crippen LogP contribution in [0.4, 0.5) is 0 Å². The van der Waals surface area contributed by atoms with E-state index in [0.717, 1.165) is 33.4 Å². The van der Waals surface area contributed by atoms with Gasteiger partial charge in [-0.15, -0.1) is 0 Å². The maximum atomic E-state index is 15.8. The van der Waals surface area contributed by atoms with Gasteiger partial charge in [-0.2, -0.15) is 0 Å². The smallest absolute Gasteiger partial charge is 0.186 e. The van der Waals surface area contributed by atoms with E-state index in [2.05, 4.69) is 24.3 Å². The fraction of sp³-hybridized carbons (Fsp3) is 0.328. The number of allylic oxidation sites excluding steroid dienone is 1. The Labute approximate surface area is 394 Å². The molecular formula is C58H60O9. The molecule has 0 bridgehead atoms. The molecule has 0 unspecified atom stereocenters. The van der Waals surface area contributed by atoms with Gasteiger partial charge in [-0.05, 0) is 39.8 Å². The van der Waals surface area contributed by atoms with Gasteiger partial charge < -0.3 is 37.9 Å². The van der Waals surface area contributed by atoms with E-state index in [0.29, 0.717) is 26.2 Å². The third kappa shape index (κ3) is 11.8. The van der Waals surface area contributed by atoms with Crippen molar-refractivity contribution in [3.05, 3.63) is 228 Å². The first-order chi connectivity index (χ1) is 33.1. The van der Waals surface area contributed by atoms with Crippen molar-refractivity contribution >= 4 is 5.78 Å². The van der Waals surface area contributed by atoms with Gasteiger partial charge in [0.1, 0.15) is 30.5 Å². The van der Waals surface area contributed by atoms with E-state index >= 15 is 4.79 Å². The molecule has 2 aliphatic carbocycles. The quantitative estimate of drug-likeness (QED) is 0.0695. The van der Waals surface area contributed by atoms with Gasteiger partial charge in [0.2, 0.25) is 0 Å². The summed E-state index contributed by atoms with van der Waals surface area (Å²) in [5, 5.41) is 0. The zero-order valence-electron chi connectivity index (χ0n) is 38.0. The Hall–Kier alpha value is -5.59. The van der Waals surface area contributed by atoms with Gasteiger partial charge in [0.15, 0.2) is 12.1 Å². The van der Waals surface area contributed by atoms with Crippen LogP contribution in [0.25, 0.3) is 0 Å². The molecule has 9 heteroatoms. The second kappa shape index (κ2) is 23.4. The summed E-state index contributed by atoms with van der Waals surface area (Å²) < 4.78 is 55.0. The van der Waals surface area contributed by atoms with Gasteiger partial charge >= 0.3 is 0 Å². The number of methoxy groups -OCH3 is 1. The Bertz CT molecular complexity index is 2400. The average Bonchev–Trinajstić information content (AvgIpc) is 3.39. The van der Waals surface area contributed by atoms with E-state index in [1.165, 1.54) is 0 Å². The van der Waals surface area contributed by atoms with Crippen LogP contribution in [0.5, 0.6) is 0 Å². The molecule has 0 radical (unpaired) electrons. The summed E-state index contributed by atoms with van der Waals surface area (Å²) in [5.41, 5.74) is 5.96. The van der Waals surface area contributed by atoms with Gasteiger partial charge in [0.25, 0.3) is 0 Å². The number of fused-ring (bicyclic) bond motifs is 1. The van der Waals surface area contributed by atoms with E-state index < -0.39 is 60.9 Å². The molecule has 346 valence electrons. The number of carbonyl (C=O) groups is 1. The van der Waals surface area contributed by atoms with Crippen LogP contribution in [0.1, 0.15) is 39.8 Å². The Morgan fingerprint density at radius 2 is 0.791 bits per heavy atom. The lowest BCUT2D eigenvalue weighted by atomic mass is 9.62. The second-order valence-corrected chi connectivity index (χ2v) is 17.6. The van der Waals surface area contributed by atoms with E-state index in [1.807, 2.05) is 170 Å². The summed E-state index contributed by atoms with van der Waals surface area (Å²) in [4.78, 5) is 15.8. The maximum Gasteiger partial charge on any atom is 0.186 e. The number of rotatable bonds is 20. The van der Waals surface area contributed by atoms with E-state index in [-0.39, 0.29) is 31.5 Å². The molecule has 1 heterocycles. The highest BCUT2D eigenvalue weighted by molar-refractivity contribution is 5.88. The molecule has 0 aromatic heterocycles. The summed E-state index contributed by atoms with van der Waals surface area (Å²) >= 11 is 0. The van der Waals surface area contributed by atoms with E-state index in [4.69, 9.17) is 37.9 Å². The number of carbonyl (C=O) groups excluding carboxylic acids is 1. The lowest BCUT2D eigenvalue weighted by Crippen LogP contribution is -2.66. The minimum atomic E-state index is -0.961. The molecule has 6 aromatic rings. The first-order valence-electron chi connectivity index (χ1n) is 23.4. The zero-order valence-corrected chi connectivity index (χ0v) is 38.0. The molecule has 1 aliphatic heterocycles. The van der Waals surface area contributed by atoms with Crippen molar-refractivity contribution in [2.24, 2.45) is 17.8 Å². The maximum absolute atomic E-state index is 15.8. The first-order valence-corrected chi connectivity index (χ1v) is 23.4. The van der Waals surface area contributed by atoms with Crippen molar-refractivity contribution < 1.29 is 42.7 Å². The highest BCUT2D eigenvalue weighted by Gasteiger charge is 2.59. The van der Waals surface area contributed by atoms with Gasteiger partial charge in [-0.3, -0.25) is 4.79 Å². The first kappa shape index (κ1) is 46.5. The molecule has 0 amide bonds. The van der Waals surface area contributed by atoms with Gasteiger partial charge in [-0.25, -0.2) is 0 Å². The highest BCUT2D eigenvalue weighted by atomic mass is 16.7. The molecule has 9 rings (SSSR count). The Morgan fingerprint density at radius 3 is 1.21 bits per heavy atom. The SMILES string of the molecule is CO[C@H]1O[C@H]([C@H]2CC=C[C@@H]3[C@H](OCc4ccccc4)[C@H](OCc4ccccc4)[C@@H](OCc4ccccc4)C(=O)[C@@H]32)[C@@H](OCc2ccccc2)[C@H](OCc2ccccc2)[C@H]1OCc1ccccc1. The number of Topliss-reactive ketones (excluding diaryl/α,β-unsaturated/α-hetero) is 1. The molecule has 1 saturated carbocycles. The van der Waals surface area contributed by atoms with Gasteiger partial charge in [0, 0.05) is 24.9 Å². The summed E-state index contributed by atoms with van der Waals surface area (Å²) in [5.74, 6) is -1.46. The van der Waals surface area contributed by atoms with Crippen LogP contribution in [0.2, 0.25) is 0 Å². The van der Waals surface area contributed by atoms with E-state index in [1.54, 1.807) is 7.11 Å². The van der Waals surface area contributed by atoms with Crippen LogP contribution in [-0.4, -0.2) is 61.9 Å². The van der Waals surface area contributed by atoms with Crippen molar-refractivity contribution in [2.45, 2.75) is 95.1 Å². The topological polar surface area (TPSA) is 90.9 Å². The number of ether oxygens (including phenoxy) is 8. The van der Waals surface area contributed by atoms with Crippen molar-refractivity contribution in [3.8, 4) is 0 Å². The molecule has 1 saturated heterocycles. The van der Waals surface area contributed by atoms with Crippen LogP contribution in [0.3, 0.4) is 0 Å². The van der Waals surface area contributed by atoms with Crippen molar-refractivity contribution in [1.29, 1.82) is 0 Å². The standard InChI is InChI=1S/C58H60O9/c1-60-58-57(66-40-46-31-18-7-19-32-46)56(65-39-45-29-16-6-17-30-45)55(64-38-44-27-14-5-15-28-44)52(67-58)48-34-20-33-47-49(48)50(59)53(62-36-42-23-10-3-11-24-42)54(63-37-43-25-12-4-13-26-43)51(47)61-35-41-21-8-2-9-22-41/h2-33,47-49,51-58H,34-40H2,1H3/t47-,48-,49-,51-,52+,53-,54-,55+,56-,57+,58-/m0/s1. The van der Waals surface area contributed by atoms with Crippen LogP contribution < -0.4 is 0 Å². The predicted molar refractivity (Wildman–Crippen MR) is 255 cm³/mol. The van der Waals surface area contributed by atoms with E-state index in [9.17, 15) is 0 Å². The number of ketones is 1. The number of hydrogen-bond donors (Lipinski definition) is 0. The summed E-state index contributed by atoms with van der Waals surface area (Å²) in [6.45, 7) is 1.70. The summed E-state index contributed by atoms with van der Waals surface area (Å²) in [6, 6.07) is 60.3. The highest BCUT2D eigenvalue weighted by Crippen LogP contribution is 2.47. The lowest BCUT2D eigenvalue weighted by molar-refractivity contribution is -0.329. The predicted octanol–water partition coefficient (Wildman–Crippen LogP) is 10.3. The zero-order chi connectivity index (χ0) is 45.6. The Balaban J connectivity index is 1.10. The molecule has 2 fully saturated rings. The normalized spacial score (nSPS) is 27.1. The third-order valence-electron chi connectivity index (χ3n) is 13.1. The fourth-order valence-corrected chi connectivity index (χ4v) is 9.82. The second-order valence-electron chi connectivity index (χ2n) is 17.6. The average molecular weight is 901 g/mol. The van der Waals surface area contributed by atoms with Crippen molar-refractivity contribution in [3.63, 3.8) is 0 Å². The molecule has 6 aromatic carbocycles. The molecule has 0 N–H and O–H groups in total. The third-order valence-corrected chi connectivity index (χ3v) is 13.1. The van der Waals surface area contributed by atoms with Crippen molar-refractivity contribution in [2.75, 3.05) is 7.11 Å². The van der Waals surface area contributed by atoms with Crippen LogP contribution in [0.15, 0.2) is 194 Å². The molecule has 11 atom stereocenters. The molecule has 3 aliphatic rings. The minimum Gasteiger partial charge on any atom is -0.370 e. The Kier molecular flexibility index (Phi) is 16.3. The molecular weight excluding hydrogens is 841 g/mol. The summed E-state index contributed by atoms with van der Waals surface area (Å²) in [6.07, 6.45) is -1.01. The largest absolute Gasteiger partial charge is 0.370 e. The molecule has 67 heavy (non-hydrogen) atoms. The Morgan fingerprint density at radius 1 is 0.433 bits per heavy atom. The number of hydrogen-bond acceptors (Lipinski definition) is 9. The minimum absolute atomic E-state index is 0.0588. The van der Waals surface area contributed by atoms with Crippen LogP contribution in [-0.2, 0) is 82.3 Å². The van der Waals surface area contributed by atoms with Gasteiger partial charge in [-0.1, -0.05) is 194 Å². The fourth-order valence-electron chi connectivity index (χ4n) is 9.82. The van der Waals surface area contributed by atoms with Gasteiger partial charge in [0.05, 0.1) is 51.8 Å². The lowest BCUT2D eigenvalue weighted by Gasteiger charge is -2.53. The van der Waals surface area contributed by atoms with Crippen molar-refractivity contribution in [1.82, 2.24) is 0 Å². The molecule has 9 nitrogen and oxygen atoms in total. The van der Waals surface area contributed by atoms with Crippen LogP contribution in [0, 0.1) is 17.8 Å². The van der Waals surface area contributed by atoms with Crippen LogP contribution >= 0.6 is 0 Å². The number of benzene rings is 6.